The number of carbonyl (C=O) groups excluding carboxylic acids is 1. The zero-order valence-corrected chi connectivity index (χ0v) is 12.0. The van der Waals surface area contributed by atoms with E-state index in [1.54, 1.807) is 0 Å². The molecule has 1 atom stereocenters. The van der Waals surface area contributed by atoms with Crippen LogP contribution in [-0.4, -0.2) is 42.9 Å². The van der Waals surface area contributed by atoms with Crippen LogP contribution in [0.2, 0.25) is 0 Å². The van der Waals surface area contributed by atoms with E-state index in [9.17, 15) is 9.59 Å². The fourth-order valence-electron chi connectivity index (χ4n) is 1.77. The van der Waals surface area contributed by atoms with Gasteiger partial charge in [-0.3, -0.25) is 14.9 Å². The molecule has 0 bridgehead atoms. The van der Waals surface area contributed by atoms with E-state index in [0.29, 0.717) is 18.7 Å². The van der Waals surface area contributed by atoms with Crippen molar-refractivity contribution in [2.24, 2.45) is 0 Å². The SMILES string of the molecule is CC(=O)OCNC(CNCC(=O)O)Cc1ccc(N)cc1. The topological polar surface area (TPSA) is 114 Å². The number of carboxylic acids is 1. The Kier molecular flexibility index (Phi) is 7.20. The quantitative estimate of drug-likeness (QED) is 0.287. The van der Waals surface area contributed by atoms with Crippen molar-refractivity contribution in [1.82, 2.24) is 10.6 Å². The van der Waals surface area contributed by atoms with Crippen molar-refractivity contribution >= 4 is 17.6 Å². The summed E-state index contributed by atoms with van der Waals surface area (Å²) in [6.07, 6.45) is 0.661. The molecule has 5 N–H and O–H groups in total. The summed E-state index contributed by atoms with van der Waals surface area (Å²) in [4.78, 5) is 21.3. The van der Waals surface area contributed by atoms with Crippen LogP contribution in [0.1, 0.15) is 12.5 Å². The summed E-state index contributed by atoms with van der Waals surface area (Å²) in [6.45, 7) is 1.74. The van der Waals surface area contributed by atoms with Crippen LogP contribution in [0, 0.1) is 0 Å². The van der Waals surface area contributed by atoms with Gasteiger partial charge in [-0.2, -0.15) is 0 Å². The number of hydrogen-bond donors (Lipinski definition) is 4. The number of aliphatic carboxylic acids is 1. The van der Waals surface area contributed by atoms with E-state index < -0.39 is 5.97 Å². The Labute approximate surface area is 123 Å². The zero-order chi connectivity index (χ0) is 15.7. The highest BCUT2D eigenvalue weighted by molar-refractivity contribution is 5.69. The van der Waals surface area contributed by atoms with Gasteiger partial charge in [0.2, 0.25) is 0 Å². The lowest BCUT2D eigenvalue weighted by atomic mass is 10.1. The molecular formula is C14H21N3O4. The molecule has 0 amide bonds. The molecule has 0 spiro atoms. The van der Waals surface area contributed by atoms with Gasteiger partial charge in [-0.15, -0.1) is 0 Å². The number of hydrogen-bond acceptors (Lipinski definition) is 6. The van der Waals surface area contributed by atoms with Crippen molar-refractivity contribution in [2.45, 2.75) is 19.4 Å². The number of nitrogens with two attached hydrogens (primary N) is 1. The van der Waals surface area contributed by atoms with Gasteiger partial charge in [0.05, 0.1) is 6.54 Å². The molecule has 0 saturated carbocycles. The molecule has 0 heterocycles. The first-order chi connectivity index (χ1) is 9.97. The first kappa shape index (κ1) is 16.9. The summed E-state index contributed by atoms with van der Waals surface area (Å²) < 4.78 is 4.84. The lowest BCUT2D eigenvalue weighted by molar-refractivity contribution is -0.141. The largest absolute Gasteiger partial charge is 0.480 e. The predicted molar refractivity (Wildman–Crippen MR) is 78.6 cm³/mol. The third kappa shape index (κ3) is 7.91. The summed E-state index contributed by atoms with van der Waals surface area (Å²) in [7, 11) is 0. The van der Waals surface area contributed by atoms with Gasteiger partial charge in [-0.25, -0.2) is 0 Å². The highest BCUT2D eigenvalue weighted by atomic mass is 16.5. The number of rotatable bonds is 9. The van der Waals surface area contributed by atoms with Crippen molar-refractivity contribution in [3.05, 3.63) is 29.8 Å². The molecular weight excluding hydrogens is 274 g/mol. The average Bonchev–Trinajstić information content (AvgIpc) is 2.40. The van der Waals surface area contributed by atoms with Gasteiger partial charge in [0.15, 0.2) is 0 Å². The average molecular weight is 295 g/mol. The van der Waals surface area contributed by atoms with Crippen molar-refractivity contribution in [2.75, 3.05) is 25.6 Å². The highest BCUT2D eigenvalue weighted by Gasteiger charge is 2.10. The lowest BCUT2D eigenvalue weighted by Crippen LogP contribution is -2.42. The van der Waals surface area contributed by atoms with Crippen LogP contribution in [0.4, 0.5) is 5.69 Å². The molecule has 1 unspecified atom stereocenters. The van der Waals surface area contributed by atoms with Gasteiger partial charge in [0, 0.05) is 25.2 Å². The number of anilines is 1. The van der Waals surface area contributed by atoms with Crippen LogP contribution in [0.25, 0.3) is 0 Å². The number of benzene rings is 1. The summed E-state index contributed by atoms with van der Waals surface area (Å²) in [5.41, 5.74) is 7.38. The Morgan fingerprint density at radius 3 is 2.57 bits per heavy atom. The van der Waals surface area contributed by atoms with E-state index in [2.05, 4.69) is 10.6 Å². The smallest absolute Gasteiger partial charge is 0.317 e. The first-order valence-electron chi connectivity index (χ1n) is 6.61. The molecule has 0 saturated heterocycles. The van der Waals surface area contributed by atoms with E-state index in [1.165, 1.54) is 6.92 Å². The van der Waals surface area contributed by atoms with Gasteiger partial charge in [-0.05, 0) is 24.1 Å². The molecule has 116 valence electrons. The second-order valence-corrected chi connectivity index (χ2v) is 4.65. The fourth-order valence-corrected chi connectivity index (χ4v) is 1.77. The molecule has 1 aromatic rings. The van der Waals surface area contributed by atoms with Gasteiger partial charge in [-0.1, -0.05) is 12.1 Å². The second-order valence-electron chi connectivity index (χ2n) is 4.65. The Hall–Kier alpha value is -2.12. The maximum Gasteiger partial charge on any atom is 0.317 e. The second kappa shape index (κ2) is 8.93. The summed E-state index contributed by atoms with van der Waals surface area (Å²) in [5.74, 6) is -1.28. The monoisotopic (exact) mass is 295 g/mol. The molecule has 21 heavy (non-hydrogen) atoms. The highest BCUT2D eigenvalue weighted by Crippen LogP contribution is 2.07. The maximum atomic E-state index is 10.8. The molecule has 0 aromatic heterocycles. The number of nitrogen functional groups attached to an aromatic ring is 1. The molecule has 0 aliphatic rings. The van der Waals surface area contributed by atoms with Crippen LogP contribution in [-0.2, 0) is 20.7 Å². The molecule has 7 heteroatoms. The number of carboxylic acid groups (broad SMARTS) is 1. The van der Waals surface area contributed by atoms with Gasteiger partial charge >= 0.3 is 11.9 Å². The van der Waals surface area contributed by atoms with Crippen LogP contribution in [0.5, 0.6) is 0 Å². The van der Waals surface area contributed by atoms with Crippen molar-refractivity contribution in [3.63, 3.8) is 0 Å². The minimum absolute atomic E-state index is 0.0627. The summed E-state index contributed by atoms with van der Waals surface area (Å²) in [6, 6.07) is 7.37. The maximum absolute atomic E-state index is 10.8. The molecule has 7 nitrogen and oxygen atoms in total. The van der Waals surface area contributed by atoms with E-state index in [-0.39, 0.29) is 25.3 Å². The molecule has 1 aromatic carbocycles. The van der Waals surface area contributed by atoms with Crippen molar-refractivity contribution < 1.29 is 19.4 Å². The number of esters is 1. The lowest BCUT2D eigenvalue weighted by Gasteiger charge is -2.19. The van der Waals surface area contributed by atoms with E-state index >= 15 is 0 Å². The van der Waals surface area contributed by atoms with E-state index in [0.717, 1.165) is 5.56 Å². The van der Waals surface area contributed by atoms with Crippen LogP contribution in [0.3, 0.4) is 0 Å². The van der Waals surface area contributed by atoms with Crippen LogP contribution < -0.4 is 16.4 Å². The number of carbonyl (C=O) groups is 2. The van der Waals surface area contributed by atoms with Gasteiger partial charge in [0.1, 0.15) is 6.73 Å². The summed E-state index contributed by atoms with van der Waals surface area (Å²) in [5, 5.41) is 14.5. The third-order valence-electron chi connectivity index (χ3n) is 2.78. The Balaban J connectivity index is 2.50. The predicted octanol–water partition coefficient (Wildman–Crippen LogP) is -0.0357. The Morgan fingerprint density at radius 2 is 2.00 bits per heavy atom. The zero-order valence-electron chi connectivity index (χ0n) is 12.0. The van der Waals surface area contributed by atoms with E-state index in [1.807, 2.05) is 24.3 Å². The molecule has 1 rings (SSSR count). The van der Waals surface area contributed by atoms with Crippen LogP contribution in [0.15, 0.2) is 24.3 Å². The Bertz CT molecular complexity index is 442. The minimum atomic E-state index is -0.916. The van der Waals surface area contributed by atoms with Crippen molar-refractivity contribution in [3.8, 4) is 0 Å². The first-order valence-corrected chi connectivity index (χ1v) is 6.61. The normalized spacial score (nSPS) is 11.9. The standard InChI is InChI=1S/C14H21N3O4/c1-10(18)21-9-17-13(7-16-8-14(19)20)6-11-2-4-12(15)5-3-11/h2-5,13,16-17H,6-9,15H2,1H3,(H,19,20). The minimum Gasteiger partial charge on any atom is -0.480 e. The Morgan fingerprint density at radius 1 is 1.33 bits per heavy atom. The fraction of sp³-hybridized carbons (Fsp3) is 0.429. The molecule has 0 radical (unpaired) electrons. The van der Waals surface area contributed by atoms with E-state index in [4.69, 9.17) is 15.6 Å². The molecule has 0 aliphatic carbocycles. The van der Waals surface area contributed by atoms with Gasteiger partial charge in [0.25, 0.3) is 0 Å². The number of nitrogens with one attached hydrogen (secondary N) is 2. The van der Waals surface area contributed by atoms with Gasteiger partial charge < -0.3 is 20.9 Å². The third-order valence-corrected chi connectivity index (χ3v) is 2.78. The van der Waals surface area contributed by atoms with Crippen molar-refractivity contribution in [1.29, 1.82) is 0 Å². The van der Waals surface area contributed by atoms with Crippen LogP contribution >= 0.6 is 0 Å². The molecule has 0 aliphatic heterocycles. The number of ether oxygens (including phenoxy) is 1. The molecule has 0 fully saturated rings. The summed E-state index contributed by atoms with van der Waals surface area (Å²) >= 11 is 0.